The van der Waals surface area contributed by atoms with E-state index in [4.69, 9.17) is 4.74 Å². The number of sulfonamides is 1. The third-order valence-corrected chi connectivity index (χ3v) is 6.58. The van der Waals surface area contributed by atoms with Crippen LogP contribution in [0.1, 0.15) is 13.3 Å². The van der Waals surface area contributed by atoms with Gasteiger partial charge in [-0.1, -0.05) is 0 Å². The number of halogens is 2. The second kappa shape index (κ2) is 7.85. The molecular weight excluding hydrogens is 439 g/mol. The van der Waals surface area contributed by atoms with Gasteiger partial charge in [0.2, 0.25) is 10.0 Å². The Morgan fingerprint density at radius 1 is 1.26 bits per heavy atom. The number of ether oxygens (including phenoxy) is 1. The van der Waals surface area contributed by atoms with Crippen molar-refractivity contribution in [1.29, 1.82) is 0 Å². The van der Waals surface area contributed by atoms with E-state index in [2.05, 4.69) is 21.2 Å². The molecule has 0 radical (unpaired) electrons. The molecule has 6 nitrogen and oxygen atoms in total. The van der Waals surface area contributed by atoms with Crippen molar-refractivity contribution in [1.82, 2.24) is 0 Å². The second-order valence-electron chi connectivity index (χ2n) is 6.11. The zero-order valence-electron chi connectivity index (χ0n) is 14.5. The van der Waals surface area contributed by atoms with Crippen molar-refractivity contribution in [2.24, 2.45) is 0 Å². The van der Waals surface area contributed by atoms with Gasteiger partial charge in [0.25, 0.3) is 5.91 Å². The number of anilines is 2. The van der Waals surface area contributed by atoms with Gasteiger partial charge in [0.15, 0.2) is 6.10 Å². The number of carbonyl (C=O) groups excluding carboxylic acids is 1. The van der Waals surface area contributed by atoms with Crippen molar-refractivity contribution < 1.29 is 22.3 Å². The zero-order valence-corrected chi connectivity index (χ0v) is 16.9. The van der Waals surface area contributed by atoms with Gasteiger partial charge in [-0.2, -0.15) is 0 Å². The van der Waals surface area contributed by atoms with Crippen LogP contribution in [0.2, 0.25) is 0 Å². The fraction of sp³-hybridized carbons (Fsp3) is 0.278. The molecule has 0 aromatic heterocycles. The molecule has 1 heterocycles. The van der Waals surface area contributed by atoms with Gasteiger partial charge in [-0.25, -0.2) is 12.8 Å². The van der Waals surface area contributed by atoms with E-state index in [1.54, 1.807) is 31.2 Å². The van der Waals surface area contributed by atoms with E-state index in [0.717, 1.165) is 0 Å². The Morgan fingerprint density at radius 2 is 1.96 bits per heavy atom. The van der Waals surface area contributed by atoms with Crippen LogP contribution in [0.3, 0.4) is 0 Å². The van der Waals surface area contributed by atoms with Crippen LogP contribution in [0.15, 0.2) is 46.9 Å². The van der Waals surface area contributed by atoms with E-state index in [9.17, 15) is 17.6 Å². The highest BCUT2D eigenvalue weighted by Gasteiger charge is 2.28. The largest absolute Gasteiger partial charge is 0.480 e. The van der Waals surface area contributed by atoms with Crippen LogP contribution in [-0.2, 0) is 14.8 Å². The number of rotatable bonds is 5. The SMILES string of the molecule is CC(Oc1ccc(F)cc1Br)C(=O)Nc1ccc(N2CCCS2(=O)=O)cc1. The zero-order chi connectivity index (χ0) is 19.6. The lowest BCUT2D eigenvalue weighted by Crippen LogP contribution is -2.30. The summed E-state index contributed by atoms with van der Waals surface area (Å²) in [5.74, 6) is -0.285. The van der Waals surface area contributed by atoms with Crippen molar-refractivity contribution in [3.05, 3.63) is 52.8 Å². The van der Waals surface area contributed by atoms with Crippen molar-refractivity contribution in [2.45, 2.75) is 19.4 Å². The predicted molar refractivity (Wildman–Crippen MR) is 105 cm³/mol. The van der Waals surface area contributed by atoms with E-state index in [1.807, 2.05) is 0 Å². The summed E-state index contributed by atoms with van der Waals surface area (Å²) in [4.78, 5) is 12.3. The van der Waals surface area contributed by atoms with Crippen LogP contribution in [0.4, 0.5) is 15.8 Å². The summed E-state index contributed by atoms with van der Waals surface area (Å²) < 4.78 is 44.4. The van der Waals surface area contributed by atoms with Crippen molar-refractivity contribution >= 4 is 43.2 Å². The highest BCUT2D eigenvalue weighted by molar-refractivity contribution is 9.10. The molecule has 0 saturated carbocycles. The molecule has 0 aliphatic carbocycles. The van der Waals surface area contributed by atoms with Gasteiger partial charge >= 0.3 is 0 Å². The number of benzene rings is 2. The number of amides is 1. The summed E-state index contributed by atoms with van der Waals surface area (Å²) in [5, 5.41) is 2.71. The third kappa shape index (κ3) is 4.59. The van der Waals surface area contributed by atoms with E-state index in [0.29, 0.717) is 34.6 Å². The maximum Gasteiger partial charge on any atom is 0.265 e. The molecule has 0 bridgehead atoms. The van der Waals surface area contributed by atoms with Crippen LogP contribution in [0, 0.1) is 5.82 Å². The molecule has 1 N–H and O–H groups in total. The van der Waals surface area contributed by atoms with Crippen molar-refractivity contribution in [3.8, 4) is 5.75 Å². The van der Waals surface area contributed by atoms with Gasteiger partial charge in [0, 0.05) is 12.2 Å². The maximum atomic E-state index is 13.1. The minimum Gasteiger partial charge on any atom is -0.480 e. The van der Waals surface area contributed by atoms with Gasteiger partial charge in [-0.05, 0) is 71.7 Å². The Hall–Kier alpha value is -2.13. The summed E-state index contributed by atoms with van der Waals surface area (Å²) in [7, 11) is -3.24. The molecule has 2 aromatic carbocycles. The Morgan fingerprint density at radius 3 is 2.56 bits per heavy atom. The first-order chi connectivity index (χ1) is 12.8. The fourth-order valence-corrected chi connectivity index (χ4v) is 4.71. The van der Waals surface area contributed by atoms with Crippen LogP contribution in [0.25, 0.3) is 0 Å². The first kappa shape index (κ1) is 19.6. The molecule has 1 amide bonds. The van der Waals surface area contributed by atoms with Gasteiger partial charge in [0.05, 0.1) is 15.9 Å². The van der Waals surface area contributed by atoms with E-state index < -0.39 is 21.9 Å². The van der Waals surface area contributed by atoms with Crippen LogP contribution < -0.4 is 14.4 Å². The Kier molecular flexibility index (Phi) is 5.71. The third-order valence-electron chi connectivity index (χ3n) is 4.09. The monoisotopic (exact) mass is 456 g/mol. The van der Waals surface area contributed by atoms with Gasteiger partial charge in [0.1, 0.15) is 11.6 Å². The summed E-state index contributed by atoms with van der Waals surface area (Å²) in [6, 6.07) is 10.5. The van der Waals surface area contributed by atoms with E-state index in [1.165, 1.54) is 22.5 Å². The minimum atomic E-state index is -3.24. The highest BCUT2D eigenvalue weighted by Crippen LogP contribution is 2.27. The number of nitrogens with one attached hydrogen (secondary N) is 1. The molecule has 2 aromatic rings. The first-order valence-corrected chi connectivity index (χ1v) is 10.7. The second-order valence-corrected chi connectivity index (χ2v) is 8.98. The lowest BCUT2D eigenvalue weighted by molar-refractivity contribution is -0.122. The molecule has 1 atom stereocenters. The first-order valence-electron chi connectivity index (χ1n) is 8.29. The van der Waals surface area contributed by atoms with Gasteiger partial charge in [-0.3, -0.25) is 9.10 Å². The molecule has 1 aliphatic rings. The molecule has 0 spiro atoms. The summed E-state index contributed by atoms with van der Waals surface area (Å²) in [6.45, 7) is 2.04. The summed E-state index contributed by atoms with van der Waals surface area (Å²) in [5.41, 5.74) is 1.10. The molecular formula is C18H18BrFN2O4S. The molecule has 3 rings (SSSR count). The Balaban J connectivity index is 1.63. The van der Waals surface area contributed by atoms with Crippen molar-refractivity contribution in [3.63, 3.8) is 0 Å². The van der Waals surface area contributed by atoms with Crippen LogP contribution in [0.5, 0.6) is 5.75 Å². The lowest BCUT2D eigenvalue weighted by atomic mass is 10.2. The fourth-order valence-electron chi connectivity index (χ4n) is 2.70. The van der Waals surface area contributed by atoms with Crippen LogP contribution in [-0.4, -0.2) is 32.7 Å². The van der Waals surface area contributed by atoms with E-state index >= 15 is 0 Å². The quantitative estimate of drug-likeness (QED) is 0.746. The predicted octanol–water partition coefficient (Wildman–Crippen LogP) is 3.53. The maximum absolute atomic E-state index is 13.1. The smallest absolute Gasteiger partial charge is 0.265 e. The molecule has 9 heteroatoms. The van der Waals surface area contributed by atoms with Crippen LogP contribution >= 0.6 is 15.9 Å². The Labute approximate surface area is 165 Å². The average Bonchev–Trinajstić information content (AvgIpc) is 2.97. The molecule has 144 valence electrons. The molecule has 27 heavy (non-hydrogen) atoms. The molecule has 1 saturated heterocycles. The topological polar surface area (TPSA) is 75.7 Å². The van der Waals surface area contributed by atoms with E-state index in [-0.39, 0.29) is 11.7 Å². The summed E-state index contributed by atoms with van der Waals surface area (Å²) in [6.07, 6.45) is -0.209. The molecule has 1 unspecified atom stereocenters. The Bertz CT molecular complexity index is 950. The molecule has 1 aliphatic heterocycles. The number of nitrogens with zero attached hydrogens (tertiary/aromatic N) is 1. The van der Waals surface area contributed by atoms with Gasteiger partial charge < -0.3 is 10.1 Å². The molecule has 1 fully saturated rings. The van der Waals surface area contributed by atoms with Gasteiger partial charge in [-0.15, -0.1) is 0 Å². The normalized spacial score (nSPS) is 16.8. The number of hydrogen-bond donors (Lipinski definition) is 1. The average molecular weight is 457 g/mol. The summed E-state index contributed by atoms with van der Waals surface area (Å²) >= 11 is 3.19. The lowest BCUT2D eigenvalue weighted by Gasteiger charge is -2.18. The standard InChI is InChI=1S/C18H18BrFN2O4S/c1-12(26-17-8-3-13(20)11-16(17)19)18(23)21-14-4-6-15(7-5-14)22-9-2-10-27(22,24)25/h3-8,11-12H,2,9-10H2,1H3,(H,21,23). The number of carbonyl (C=O) groups is 1. The highest BCUT2D eigenvalue weighted by atomic mass is 79.9. The number of hydrogen-bond acceptors (Lipinski definition) is 4. The van der Waals surface area contributed by atoms with Crippen molar-refractivity contribution in [2.75, 3.05) is 21.9 Å². The minimum absolute atomic E-state index is 0.152.